The fraction of sp³-hybridized carbons (Fsp3) is 0.750. The van der Waals surface area contributed by atoms with Crippen molar-refractivity contribution in [2.75, 3.05) is 13.1 Å². The van der Waals surface area contributed by atoms with Crippen LogP contribution in [0.5, 0.6) is 0 Å². The first-order valence-electron chi connectivity index (χ1n) is 5.99. The molecule has 0 spiro atoms. The van der Waals surface area contributed by atoms with Crippen LogP contribution in [0.15, 0.2) is 0 Å². The monoisotopic (exact) mass is 253 g/mol. The van der Waals surface area contributed by atoms with Gasteiger partial charge in [0.05, 0.1) is 6.07 Å². The summed E-state index contributed by atoms with van der Waals surface area (Å²) in [5, 5.41) is 11.3. The highest BCUT2D eigenvalue weighted by Crippen LogP contribution is 2.16. The van der Waals surface area contributed by atoms with Gasteiger partial charge in [0.2, 0.25) is 5.91 Å². The number of alkyl carbamates (subject to hydrolysis) is 1. The highest BCUT2D eigenvalue weighted by Gasteiger charge is 2.28. The van der Waals surface area contributed by atoms with E-state index in [0.29, 0.717) is 13.0 Å². The maximum Gasteiger partial charge on any atom is 0.408 e. The number of amides is 2. The molecule has 0 unspecified atom stereocenters. The second-order valence-electron chi connectivity index (χ2n) is 5.23. The molecule has 0 aliphatic carbocycles. The standard InChI is InChI=1S/C12H19N3O3/c1-12(2,3)18-11(17)14-8-10(16)15-6-4-5-9(15)7-13/h9H,4-6,8H2,1-3H3,(H,14,17)/t9-/m1/s1. The molecule has 1 aliphatic heterocycles. The number of carbonyl (C=O) groups is 2. The van der Waals surface area contributed by atoms with Crippen molar-refractivity contribution in [3.8, 4) is 6.07 Å². The van der Waals surface area contributed by atoms with Crippen LogP contribution in [-0.2, 0) is 9.53 Å². The number of ether oxygens (including phenoxy) is 1. The van der Waals surface area contributed by atoms with Gasteiger partial charge in [0.25, 0.3) is 0 Å². The van der Waals surface area contributed by atoms with Crippen molar-refractivity contribution in [1.29, 1.82) is 5.26 Å². The van der Waals surface area contributed by atoms with Crippen LogP contribution in [0, 0.1) is 11.3 Å². The normalized spacial score (nSPS) is 19.2. The molecule has 0 aromatic heterocycles. The lowest BCUT2D eigenvalue weighted by molar-refractivity contribution is -0.130. The van der Waals surface area contributed by atoms with Crippen molar-refractivity contribution in [1.82, 2.24) is 10.2 Å². The van der Waals surface area contributed by atoms with Crippen molar-refractivity contribution in [3.63, 3.8) is 0 Å². The molecule has 0 radical (unpaired) electrons. The summed E-state index contributed by atoms with van der Waals surface area (Å²) in [6.45, 7) is 5.70. The summed E-state index contributed by atoms with van der Waals surface area (Å²) in [5.74, 6) is -0.245. The Morgan fingerprint density at radius 1 is 1.50 bits per heavy atom. The first-order valence-corrected chi connectivity index (χ1v) is 5.99. The Hall–Kier alpha value is -1.77. The third kappa shape index (κ3) is 4.24. The van der Waals surface area contributed by atoms with Crippen molar-refractivity contribution in [2.45, 2.75) is 45.3 Å². The van der Waals surface area contributed by atoms with E-state index in [1.165, 1.54) is 4.90 Å². The molecule has 1 rings (SSSR count). The zero-order chi connectivity index (χ0) is 13.8. The van der Waals surface area contributed by atoms with Gasteiger partial charge in [0.1, 0.15) is 18.2 Å². The van der Waals surface area contributed by atoms with Crippen molar-refractivity contribution in [3.05, 3.63) is 0 Å². The minimum Gasteiger partial charge on any atom is -0.444 e. The molecule has 1 saturated heterocycles. The average Bonchev–Trinajstić information content (AvgIpc) is 2.71. The molecule has 18 heavy (non-hydrogen) atoms. The van der Waals surface area contributed by atoms with Gasteiger partial charge in [-0.3, -0.25) is 4.79 Å². The SMILES string of the molecule is CC(C)(C)OC(=O)NCC(=O)N1CCC[C@@H]1C#N. The van der Waals surface area contributed by atoms with E-state index < -0.39 is 11.7 Å². The number of nitrogens with zero attached hydrogens (tertiary/aromatic N) is 2. The highest BCUT2D eigenvalue weighted by molar-refractivity contribution is 5.83. The molecule has 6 heteroatoms. The second kappa shape index (κ2) is 5.71. The Kier molecular flexibility index (Phi) is 4.54. The average molecular weight is 253 g/mol. The predicted molar refractivity (Wildman–Crippen MR) is 64.6 cm³/mol. The van der Waals surface area contributed by atoms with Crippen molar-refractivity contribution < 1.29 is 14.3 Å². The van der Waals surface area contributed by atoms with Gasteiger partial charge in [-0.25, -0.2) is 4.79 Å². The minimum atomic E-state index is -0.622. The maximum atomic E-state index is 11.8. The largest absolute Gasteiger partial charge is 0.444 e. The van der Waals surface area contributed by atoms with Crippen LogP contribution in [0.3, 0.4) is 0 Å². The smallest absolute Gasteiger partial charge is 0.408 e. The number of hydrogen-bond donors (Lipinski definition) is 1. The number of nitriles is 1. The van der Waals surface area contributed by atoms with Crippen LogP contribution in [0.2, 0.25) is 0 Å². The number of nitrogens with one attached hydrogen (secondary N) is 1. The van der Waals surface area contributed by atoms with E-state index in [0.717, 1.165) is 6.42 Å². The molecule has 1 fully saturated rings. The molecular formula is C12H19N3O3. The maximum absolute atomic E-state index is 11.8. The molecular weight excluding hydrogens is 234 g/mol. The fourth-order valence-electron chi connectivity index (χ4n) is 1.76. The lowest BCUT2D eigenvalue weighted by Crippen LogP contribution is -2.43. The summed E-state index contributed by atoms with van der Waals surface area (Å²) in [7, 11) is 0. The van der Waals surface area contributed by atoms with Crippen LogP contribution in [0.25, 0.3) is 0 Å². The van der Waals surface area contributed by atoms with E-state index in [-0.39, 0.29) is 18.5 Å². The van der Waals surface area contributed by atoms with Gasteiger partial charge >= 0.3 is 6.09 Å². The first-order chi connectivity index (χ1) is 8.33. The van der Waals surface area contributed by atoms with Crippen LogP contribution >= 0.6 is 0 Å². The lowest BCUT2D eigenvalue weighted by Gasteiger charge is -2.22. The van der Waals surface area contributed by atoms with E-state index in [1.54, 1.807) is 20.8 Å². The van der Waals surface area contributed by atoms with Gasteiger partial charge < -0.3 is 15.0 Å². The number of rotatable bonds is 2. The molecule has 100 valence electrons. The van der Waals surface area contributed by atoms with E-state index >= 15 is 0 Å². The third-order valence-corrected chi connectivity index (χ3v) is 2.51. The fourth-order valence-corrected chi connectivity index (χ4v) is 1.76. The summed E-state index contributed by atoms with van der Waals surface area (Å²) >= 11 is 0. The molecule has 1 aliphatic rings. The quantitative estimate of drug-likeness (QED) is 0.796. The van der Waals surface area contributed by atoms with Gasteiger partial charge in [0.15, 0.2) is 0 Å². The Morgan fingerprint density at radius 3 is 2.72 bits per heavy atom. The Morgan fingerprint density at radius 2 is 2.17 bits per heavy atom. The molecule has 0 aromatic rings. The summed E-state index contributed by atoms with van der Waals surface area (Å²) in [6.07, 6.45) is 0.911. The molecule has 0 saturated carbocycles. The van der Waals surface area contributed by atoms with E-state index in [4.69, 9.17) is 10.00 Å². The molecule has 6 nitrogen and oxygen atoms in total. The molecule has 1 atom stereocenters. The minimum absolute atomic E-state index is 0.132. The number of hydrogen-bond acceptors (Lipinski definition) is 4. The Labute approximate surface area is 107 Å². The Bertz CT molecular complexity index is 368. The predicted octanol–water partition coefficient (Wildman–Crippen LogP) is 1.03. The zero-order valence-electron chi connectivity index (χ0n) is 11.0. The van der Waals surface area contributed by atoms with E-state index in [2.05, 4.69) is 11.4 Å². The van der Waals surface area contributed by atoms with Gasteiger partial charge in [-0.05, 0) is 33.6 Å². The van der Waals surface area contributed by atoms with E-state index in [1.807, 2.05) is 0 Å². The molecule has 2 amide bonds. The summed E-state index contributed by atoms with van der Waals surface area (Å²) in [5.41, 5.74) is -0.587. The molecule has 0 aromatic carbocycles. The summed E-state index contributed by atoms with van der Waals surface area (Å²) in [4.78, 5) is 24.6. The van der Waals surface area contributed by atoms with Crippen molar-refractivity contribution >= 4 is 12.0 Å². The van der Waals surface area contributed by atoms with Crippen LogP contribution < -0.4 is 5.32 Å². The van der Waals surface area contributed by atoms with Crippen LogP contribution in [0.1, 0.15) is 33.6 Å². The zero-order valence-corrected chi connectivity index (χ0v) is 11.0. The van der Waals surface area contributed by atoms with Crippen LogP contribution in [0.4, 0.5) is 4.79 Å². The van der Waals surface area contributed by atoms with Crippen molar-refractivity contribution in [2.24, 2.45) is 0 Å². The summed E-state index contributed by atoms with van der Waals surface area (Å²) < 4.78 is 5.02. The van der Waals surface area contributed by atoms with E-state index in [9.17, 15) is 9.59 Å². The highest BCUT2D eigenvalue weighted by atomic mass is 16.6. The number of carbonyl (C=O) groups excluding carboxylic acids is 2. The molecule has 1 heterocycles. The second-order valence-corrected chi connectivity index (χ2v) is 5.23. The first kappa shape index (κ1) is 14.3. The van der Waals surface area contributed by atoms with Crippen LogP contribution in [-0.4, -0.2) is 41.6 Å². The number of likely N-dealkylation sites (tertiary alicyclic amines) is 1. The summed E-state index contributed by atoms with van der Waals surface area (Å²) in [6, 6.07) is 1.72. The Balaban J connectivity index is 2.38. The third-order valence-electron chi connectivity index (χ3n) is 2.51. The van der Waals surface area contributed by atoms with Gasteiger partial charge in [-0.2, -0.15) is 5.26 Å². The van der Waals surface area contributed by atoms with Gasteiger partial charge in [-0.15, -0.1) is 0 Å². The molecule has 0 bridgehead atoms. The lowest BCUT2D eigenvalue weighted by atomic mass is 10.2. The molecule has 1 N–H and O–H groups in total. The van der Waals surface area contributed by atoms with Gasteiger partial charge in [0, 0.05) is 6.54 Å². The topological polar surface area (TPSA) is 82.4 Å². The van der Waals surface area contributed by atoms with Gasteiger partial charge in [-0.1, -0.05) is 0 Å².